The van der Waals surface area contributed by atoms with E-state index in [9.17, 15) is 9.90 Å². The van der Waals surface area contributed by atoms with E-state index in [1.807, 2.05) is 0 Å². The average molecular weight is 403 g/mol. The molecule has 0 unspecified atom stereocenters. The van der Waals surface area contributed by atoms with Gasteiger partial charge in [0.05, 0.1) is 12.1 Å². The zero-order valence-electron chi connectivity index (χ0n) is 14.8. The average Bonchev–Trinajstić information content (AvgIpc) is 3.22. The van der Waals surface area contributed by atoms with Crippen molar-refractivity contribution in [2.45, 2.75) is 0 Å². The van der Waals surface area contributed by atoms with E-state index >= 15 is 0 Å². The van der Waals surface area contributed by atoms with Gasteiger partial charge in [-0.25, -0.2) is 14.6 Å². The summed E-state index contributed by atoms with van der Waals surface area (Å²) in [5, 5.41) is 18.1. The number of phenolic OH excluding ortho intramolecular Hbond substituents is 1. The molecule has 3 N–H and O–H groups in total. The van der Waals surface area contributed by atoms with Crippen molar-refractivity contribution in [1.82, 2.24) is 9.97 Å². The van der Waals surface area contributed by atoms with Crippen LogP contribution in [0.4, 0.5) is 21.3 Å². The van der Waals surface area contributed by atoms with Gasteiger partial charge < -0.3 is 15.2 Å². The summed E-state index contributed by atoms with van der Waals surface area (Å²) in [6.45, 7) is 7.15. The lowest BCUT2D eigenvalue weighted by Crippen LogP contribution is -2.19. The number of ether oxygens (including phenoxy) is 1. The smallest absolute Gasteiger partial charge is 0.325 e. The van der Waals surface area contributed by atoms with Crippen molar-refractivity contribution >= 4 is 44.8 Å². The molecule has 2 amide bonds. The predicted molar refractivity (Wildman–Crippen MR) is 111 cm³/mol. The molecule has 0 saturated carbocycles. The molecule has 0 spiro atoms. The number of nitrogens with zero attached hydrogens (tertiary/aromatic N) is 3. The Morgan fingerprint density at radius 2 is 1.93 bits per heavy atom. The summed E-state index contributed by atoms with van der Waals surface area (Å²) in [4.78, 5) is 23.4. The maximum absolute atomic E-state index is 12.0. The number of urea groups is 1. The Morgan fingerprint density at radius 1 is 1.10 bits per heavy atom. The second kappa shape index (κ2) is 7.84. The van der Waals surface area contributed by atoms with Crippen LogP contribution in [0.5, 0.6) is 17.2 Å². The first-order chi connectivity index (χ1) is 14.1. The van der Waals surface area contributed by atoms with Gasteiger partial charge in [0.1, 0.15) is 17.2 Å². The summed E-state index contributed by atoms with van der Waals surface area (Å²) in [5.41, 5.74) is 1.23. The number of hydrogen-bond donors (Lipinski definition) is 3. The number of thiazole rings is 1. The third-order valence-corrected chi connectivity index (χ3v) is 4.60. The zero-order valence-corrected chi connectivity index (χ0v) is 15.6. The van der Waals surface area contributed by atoms with E-state index in [1.165, 1.54) is 17.4 Å². The highest BCUT2D eigenvalue weighted by atomic mass is 32.1. The topological polar surface area (TPSA) is 101 Å². The molecule has 8 nitrogen and oxygen atoms in total. The van der Waals surface area contributed by atoms with Crippen molar-refractivity contribution in [2.24, 2.45) is 0 Å². The predicted octanol–water partition coefficient (Wildman–Crippen LogP) is 5.38. The maximum atomic E-state index is 12.0. The van der Waals surface area contributed by atoms with E-state index < -0.39 is 0 Å². The molecule has 2 heterocycles. The number of nitrogens with one attached hydrogen (secondary N) is 2. The Bertz CT molecular complexity index is 1220. The van der Waals surface area contributed by atoms with Crippen molar-refractivity contribution in [3.8, 4) is 17.2 Å². The molecule has 4 aromatic rings. The number of aromatic nitrogens is 2. The van der Waals surface area contributed by atoms with Crippen LogP contribution >= 0.6 is 11.3 Å². The molecule has 0 saturated heterocycles. The highest BCUT2D eigenvalue weighted by Crippen LogP contribution is 2.36. The SMILES string of the molecule is [C-]#[N+]c1cc2c(Oc3ccc(NC(=O)Nc4nccs4)cc3)ccnc2cc1O. The monoisotopic (exact) mass is 403 g/mol. The van der Waals surface area contributed by atoms with Crippen LogP contribution in [0.25, 0.3) is 15.7 Å². The minimum absolute atomic E-state index is 0.122. The van der Waals surface area contributed by atoms with E-state index in [-0.39, 0.29) is 17.5 Å². The Balaban J connectivity index is 1.50. The normalized spacial score (nSPS) is 10.3. The lowest BCUT2D eigenvalue weighted by molar-refractivity contribution is 0.262. The number of carbonyl (C=O) groups is 1. The number of phenols is 1. The Morgan fingerprint density at radius 3 is 2.66 bits per heavy atom. The second-order valence-electron chi connectivity index (χ2n) is 5.82. The van der Waals surface area contributed by atoms with Gasteiger partial charge in [-0.3, -0.25) is 10.3 Å². The number of rotatable bonds is 4. The van der Waals surface area contributed by atoms with Gasteiger partial charge in [-0.2, -0.15) is 0 Å². The largest absolute Gasteiger partial charge is 0.519 e. The van der Waals surface area contributed by atoms with Gasteiger partial charge in [-0.05, 0) is 42.5 Å². The fraction of sp³-hybridized carbons (Fsp3) is 0. The number of carbonyl (C=O) groups excluding carboxylic acids is 1. The van der Waals surface area contributed by atoms with E-state index in [4.69, 9.17) is 11.3 Å². The lowest BCUT2D eigenvalue weighted by atomic mass is 10.1. The maximum Gasteiger partial charge on any atom is 0.325 e. The van der Waals surface area contributed by atoms with Crippen LogP contribution in [-0.4, -0.2) is 21.1 Å². The van der Waals surface area contributed by atoms with Crippen LogP contribution in [0.3, 0.4) is 0 Å². The number of pyridine rings is 1. The molecular weight excluding hydrogens is 390 g/mol. The van der Waals surface area contributed by atoms with Gasteiger partial charge in [0.2, 0.25) is 5.69 Å². The minimum Gasteiger partial charge on any atom is -0.519 e. The van der Waals surface area contributed by atoms with E-state index in [0.717, 1.165) is 0 Å². The fourth-order valence-electron chi connectivity index (χ4n) is 2.60. The van der Waals surface area contributed by atoms with Crippen molar-refractivity contribution in [3.05, 3.63) is 71.7 Å². The Hall–Kier alpha value is -4.16. The van der Waals surface area contributed by atoms with Crippen LogP contribution < -0.4 is 15.4 Å². The summed E-state index contributed by atoms with van der Waals surface area (Å²) >= 11 is 1.33. The molecule has 0 aliphatic carbocycles. The zero-order chi connectivity index (χ0) is 20.2. The molecular formula is C20H13N5O3S. The third-order valence-electron chi connectivity index (χ3n) is 3.91. The first-order valence-electron chi connectivity index (χ1n) is 8.37. The molecule has 142 valence electrons. The van der Waals surface area contributed by atoms with Gasteiger partial charge in [0.15, 0.2) is 5.13 Å². The molecule has 0 fully saturated rings. The molecule has 2 aromatic heterocycles. The van der Waals surface area contributed by atoms with E-state index in [0.29, 0.717) is 33.2 Å². The second-order valence-corrected chi connectivity index (χ2v) is 6.72. The van der Waals surface area contributed by atoms with Gasteiger partial charge in [0, 0.05) is 28.8 Å². The summed E-state index contributed by atoms with van der Waals surface area (Å²) in [6, 6.07) is 11.1. The number of anilines is 2. The molecule has 0 aliphatic rings. The van der Waals surface area contributed by atoms with Gasteiger partial charge in [-0.15, -0.1) is 11.3 Å². The summed E-state index contributed by atoms with van der Waals surface area (Å²) in [5.74, 6) is 0.923. The summed E-state index contributed by atoms with van der Waals surface area (Å²) in [6.07, 6.45) is 3.17. The molecule has 0 radical (unpaired) electrons. The highest BCUT2D eigenvalue weighted by molar-refractivity contribution is 7.13. The molecule has 9 heteroatoms. The molecule has 0 aliphatic heterocycles. The van der Waals surface area contributed by atoms with Crippen molar-refractivity contribution in [2.75, 3.05) is 10.6 Å². The quantitative estimate of drug-likeness (QED) is 0.397. The first-order valence-corrected chi connectivity index (χ1v) is 9.25. The van der Waals surface area contributed by atoms with E-state index in [1.54, 1.807) is 54.2 Å². The van der Waals surface area contributed by atoms with Crippen molar-refractivity contribution in [1.29, 1.82) is 0 Å². The Kier molecular flexibility index (Phi) is 4.92. The van der Waals surface area contributed by atoms with Crippen LogP contribution in [0.2, 0.25) is 0 Å². The summed E-state index contributed by atoms with van der Waals surface area (Å²) < 4.78 is 5.92. The van der Waals surface area contributed by atoms with Crippen LogP contribution in [0, 0.1) is 6.57 Å². The van der Waals surface area contributed by atoms with Crippen molar-refractivity contribution < 1.29 is 14.6 Å². The first kappa shape index (κ1) is 18.2. The van der Waals surface area contributed by atoms with Gasteiger partial charge in [0.25, 0.3) is 0 Å². The minimum atomic E-state index is -0.389. The highest BCUT2D eigenvalue weighted by Gasteiger charge is 2.10. The van der Waals surface area contributed by atoms with Gasteiger partial charge in [-0.1, -0.05) is 0 Å². The summed E-state index contributed by atoms with van der Waals surface area (Å²) in [7, 11) is 0. The lowest BCUT2D eigenvalue weighted by Gasteiger charge is -2.11. The standard InChI is InChI=1S/C20H13N5O3S/c1-21-16-10-14-15(11-17(16)26)22-7-6-18(14)28-13-4-2-12(3-5-13)24-19(27)25-20-23-8-9-29-20/h2-11,26H,(H2,23,24,25,27). The van der Waals surface area contributed by atoms with E-state index in [2.05, 4.69) is 25.4 Å². The molecule has 29 heavy (non-hydrogen) atoms. The number of hydrogen-bond acceptors (Lipinski definition) is 6. The number of benzene rings is 2. The van der Waals surface area contributed by atoms with Crippen LogP contribution in [0.15, 0.2) is 60.2 Å². The third kappa shape index (κ3) is 4.07. The molecule has 2 aromatic carbocycles. The fourth-order valence-corrected chi connectivity index (χ4v) is 3.13. The van der Waals surface area contributed by atoms with Crippen molar-refractivity contribution in [3.63, 3.8) is 0 Å². The van der Waals surface area contributed by atoms with Gasteiger partial charge >= 0.3 is 6.03 Å². The van der Waals surface area contributed by atoms with Crippen LogP contribution in [-0.2, 0) is 0 Å². The Labute approximate surface area is 169 Å². The molecule has 4 rings (SSSR count). The number of amides is 2. The van der Waals surface area contributed by atoms with Crippen LogP contribution in [0.1, 0.15) is 0 Å². The molecule has 0 bridgehead atoms. The number of aromatic hydroxyl groups is 1. The molecule has 0 atom stereocenters. The number of fused-ring (bicyclic) bond motifs is 1.